The molecule has 0 aliphatic carbocycles. The van der Waals surface area contributed by atoms with E-state index in [2.05, 4.69) is 11.5 Å². The fourth-order valence-electron chi connectivity index (χ4n) is 2.84. The molecular weight excluding hydrogens is 468 g/mol. The smallest absolute Gasteiger partial charge is 0.411 e. The molecule has 172 valence electrons. The average Bonchev–Trinajstić information content (AvgIpc) is 2.64. The van der Waals surface area contributed by atoms with Gasteiger partial charge in [0.25, 0.3) is 0 Å². The quantitative estimate of drug-likeness (QED) is 0.223. The van der Waals surface area contributed by atoms with Crippen LogP contribution < -0.4 is 11.5 Å². The molecule has 0 fully saturated rings. The fraction of sp³-hybridized carbons (Fsp3) is 0.200. The second kappa shape index (κ2) is 6.91. The summed E-state index contributed by atoms with van der Waals surface area (Å²) in [6.45, 7) is 0. The van der Waals surface area contributed by atoms with Gasteiger partial charge in [-0.3, -0.25) is 0 Å². The van der Waals surface area contributed by atoms with E-state index in [4.69, 9.17) is 0 Å². The summed E-state index contributed by atoms with van der Waals surface area (Å²) < 4.78 is 168. The number of hydrogen-bond donors (Lipinski definition) is 4. The molecule has 31 heavy (non-hydrogen) atoms. The number of nitrogens with two attached hydrogens (primary N) is 2. The molecule has 0 saturated carbocycles. The van der Waals surface area contributed by atoms with Gasteiger partial charge in [-0.25, -0.2) is 26.3 Å². The van der Waals surface area contributed by atoms with Crippen LogP contribution in [0.2, 0.25) is 0 Å². The van der Waals surface area contributed by atoms with Gasteiger partial charge in [0, 0.05) is 0 Å². The van der Waals surface area contributed by atoms with Crippen LogP contribution in [-0.2, 0) is 5.41 Å². The maximum absolute atomic E-state index is 14.3. The van der Waals surface area contributed by atoms with Gasteiger partial charge >= 0.3 is 12.4 Å². The Balaban J connectivity index is 3.41. The molecule has 0 heterocycles. The molecule has 0 aromatic heterocycles. The molecule has 0 aliphatic rings. The Hall–Kier alpha value is -3.20. The summed E-state index contributed by atoms with van der Waals surface area (Å²) in [5.41, 5.74) is -8.27. The van der Waals surface area contributed by atoms with E-state index in [1.165, 1.54) is 0 Å². The number of rotatable bonds is 2. The van der Waals surface area contributed by atoms with Gasteiger partial charge in [0.05, 0.1) is 11.1 Å². The minimum atomic E-state index is -7.20. The van der Waals surface area contributed by atoms with Crippen LogP contribution in [0.4, 0.5) is 64.1 Å². The number of phenolic OH excluding ortho intramolecular Hbond substituents is 2. The molecule has 0 amide bonds. The molecule has 16 heteroatoms. The predicted molar refractivity (Wildman–Crippen MR) is 77.7 cm³/mol. The molecule has 0 saturated heterocycles. The average molecular weight is 474 g/mol. The maximum Gasteiger partial charge on any atom is 0.411 e. The fourth-order valence-corrected chi connectivity index (χ4v) is 2.84. The molecule has 0 spiro atoms. The van der Waals surface area contributed by atoms with Crippen molar-refractivity contribution in [3.63, 3.8) is 0 Å². The van der Waals surface area contributed by atoms with Gasteiger partial charge in [-0.1, -0.05) is 0 Å². The van der Waals surface area contributed by atoms with Crippen molar-refractivity contribution >= 4 is 11.4 Å². The maximum atomic E-state index is 14.3. The molecule has 0 atom stereocenters. The van der Waals surface area contributed by atoms with Gasteiger partial charge < -0.3 is 21.7 Å². The molecule has 0 aliphatic heterocycles. The van der Waals surface area contributed by atoms with Crippen LogP contribution in [0.1, 0.15) is 11.1 Å². The van der Waals surface area contributed by atoms with Gasteiger partial charge in [-0.15, -0.1) is 0 Å². The molecular formula is C15H6F12N2O2. The first kappa shape index (κ1) is 24.1. The van der Waals surface area contributed by atoms with Crippen molar-refractivity contribution in [3.05, 3.63) is 46.0 Å². The van der Waals surface area contributed by atoms with Crippen molar-refractivity contribution < 1.29 is 62.9 Å². The third-order valence-electron chi connectivity index (χ3n) is 4.26. The van der Waals surface area contributed by atoms with Gasteiger partial charge in [-0.2, -0.15) is 26.3 Å². The highest BCUT2D eigenvalue weighted by Crippen LogP contribution is 2.60. The second-order valence-corrected chi connectivity index (χ2v) is 5.90. The Bertz CT molecular complexity index is 934. The zero-order valence-corrected chi connectivity index (χ0v) is 14.1. The van der Waals surface area contributed by atoms with E-state index in [-0.39, 0.29) is 0 Å². The molecule has 2 aromatic carbocycles. The van der Waals surface area contributed by atoms with Crippen molar-refractivity contribution in [2.24, 2.45) is 0 Å². The van der Waals surface area contributed by atoms with E-state index >= 15 is 0 Å². The summed E-state index contributed by atoms with van der Waals surface area (Å²) in [5, 5.41) is 18.5. The largest absolute Gasteiger partial charge is 0.503 e. The minimum absolute atomic E-state index is 1.98. The van der Waals surface area contributed by atoms with Crippen LogP contribution in [0, 0.1) is 34.9 Å². The number of aromatic hydroxyl groups is 2. The first-order valence-corrected chi connectivity index (χ1v) is 7.29. The normalized spacial score (nSPS) is 13.0. The van der Waals surface area contributed by atoms with Gasteiger partial charge in [0.2, 0.25) is 5.41 Å². The van der Waals surface area contributed by atoms with E-state index in [0.717, 1.165) is 0 Å². The Morgan fingerprint density at radius 1 is 0.484 bits per heavy atom. The summed E-state index contributed by atoms with van der Waals surface area (Å²) >= 11 is 0. The number of phenols is 2. The van der Waals surface area contributed by atoms with Crippen molar-refractivity contribution in [2.75, 3.05) is 11.5 Å². The van der Waals surface area contributed by atoms with Crippen LogP contribution >= 0.6 is 0 Å². The van der Waals surface area contributed by atoms with Gasteiger partial charge in [0.1, 0.15) is 11.4 Å². The SMILES string of the molecule is Nc1c(O)c(F)c(C(c2c(F)c(O)c(N)c(F)c2F)(C(F)(F)F)C(F)(F)F)c(F)c1F. The zero-order chi connectivity index (χ0) is 24.4. The Kier molecular flexibility index (Phi) is 5.37. The van der Waals surface area contributed by atoms with Gasteiger partial charge in [0.15, 0.2) is 46.4 Å². The van der Waals surface area contributed by atoms with Crippen molar-refractivity contribution in [2.45, 2.75) is 17.8 Å². The third kappa shape index (κ3) is 2.95. The lowest BCUT2D eigenvalue weighted by atomic mass is 9.71. The predicted octanol–water partition coefficient (Wildman–Crippen LogP) is 4.51. The molecule has 0 bridgehead atoms. The van der Waals surface area contributed by atoms with E-state index in [1.54, 1.807) is 0 Å². The Morgan fingerprint density at radius 2 is 0.742 bits per heavy atom. The van der Waals surface area contributed by atoms with Crippen LogP contribution in [0.25, 0.3) is 0 Å². The number of hydrogen-bond acceptors (Lipinski definition) is 4. The molecule has 0 radical (unpaired) electrons. The second-order valence-electron chi connectivity index (χ2n) is 5.90. The van der Waals surface area contributed by atoms with Gasteiger partial charge in [-0.05, 0) is 0 Å². The summed E-state index contributed by atoms with van der Waals surface area (Å²) in [6.07, 6.45) is -14.4. The Labute approximate surface area is 162 Å². The number of nitrogen functional groups attached to an aromatic ring is 2. The molecule has 6 N–H and O–H groups in total. The van der Waals surface area contributed by atoms with E-state index < -0.39 is 86.7 Å². The summed E-state index contributed by atoms with van der Waals surface area (Å²) in [6, 6.07) is 0. The Morgan fingerprint density at radius 3 is 0.968 bits per heavy atom. The standard InChI is InChI=1S/C15H6F12N2O2/c16-3-1(5(18)11(30)9(28)7(3)20)13(14(22,23)24,15(25,26)27)2-4(17)8(21)10(29)12(31)6(2)19/h30-31H,28-29H2. The molecule has 0 unspecified atom stereocenters. The highest BCUT2D eigenvalue weighted by atomic mass is 19.4. The number of anilines is 2. The molecule has 2 rings (SSSR count). The number of alkyl halides is 6. The number of halogens is 12. The lowest BCUT2D eigenvalue weighted by molar-refractivity contribution is -0.291. The highest BCUT2D eigenvalue weighted by Gasteiger charge is 2.77. The third-order valence-corrected chi connectivity index (χ3v) is 4.26. The van der Waals surface area contributed by atoms with E-state index in [1.807, 2.05) is 0 Å². The first-order valence-electron chi connectivity index (χ1n) is 7.29. The van der Waals surface area contributed by atoms with Crippen LogP contribution in [0.5, 0.6) is 11.5 Å². The van der Waals surface area contributed by atoms with Crippen LogP contribution in [0.3, 0.4) is 0 Å². The summed E-state index contributed by atoms with van der Waals surface area (Å²) in [5.74, 6) is -23.8. The van der Waals surface area contributed by atoms with Crippen LogP contribution in [0.15, 0.2) is 0 Å². The lowest BCUT2D eigenvalue weighted by Gasteiger charge is -2.39. The highest BCUT2D eigenvalue weighted by molar-refractivity contribution is 5.63. The lowest BCUT2D eigenvalue weighted by Crippen LogP contribution is -2.57. The van der Waals surface area contributed by atoms with E-state index in [9.17, 15) is 62.9 Å². The summed E-state index contributed by atoms with van der Waals surface area (Å²) in [4.78, 5) is 0. The van der Waals surface area contributed by atoms with E-state index in [0.29, 0.717) is 0 Å². The topological polar surface area (TPSA) is 92.5 Å². The first-order chi connectivity index (χ1) is 13.9. The van der Waals surface area contributed by atoms with Crippen molar-refractivity contribution in [1.29, 1.82) is 0 Å². The molecule has 4 nitrogen and oxygen atoms in total. The summed E-state index contributed by atoms with van der Waals surface area (Å²) in [7, 11) is 0. The van der Waals surface area contributed by atoms with Crippen molar-refractivity contribution in [1.82, 2.24) is 0 Å². The monoisotopic (exact) mass is 474 g/mol. The molecule has 2 aromatic rings. The minimum Gasteiger partial charge on any atom is -0.503 e. The number of benzene rings is 2. The van der Waals surface area contributed by atoms with Crippen LogP contribution in [-0.4, -0.2) is 22.6 Å². The zero-order valence-electron chi connectivity index (χ0n) is 14.1. The van der Waals surface area contributed by atoms with Crippen molar-refractivity contribution in [3.8, 4) is 11.5 Å².